The van der Waals surface area contributed by atoms with E-state index in [0.29, 0.717) is 5.02 Å². The van der Waals surface area contributed by atoms with E-state index in [2.05, 4.69) is 17.0 Å². The number of carbonyl (C=O) groups excluding carboxylic acids is 1. The maximum atomic E-state index is 12.2. The van der Waals surface area contributed by atoms with Gasteiger partial charge in [-0.2, -0.15) is 5.10 Å². The normalized spacial score (nSPS) is 17.2. The van der Waals surface area contributed by atoms with Crippen LogP contribution in [0.4, 0.5) is 0 Å². The van der Waals surface area contributed by atoms with E-state index in [-0.39, 0.29) is 12.5 Å². The average molecular weight is 271 g/mol. The summed E-state index contributed by atoms with van der Waals surface area (Å²) in [5.74, 6) is 0.116. The number of carbonyl (C=O) groups is 1. The molecule has 0 aromatic carbocycles. The lowest BCUT2D eigenvalue weighted by molar-refractivity contribution is -0.133. The fraction of sp³-hybridized carbons (Fsp3) is 0.667. The summed E-state index contributed by atoms with van der Waals surface area (Å²) in [6.07, 6.45) is 0. The first-order valence-electron chi connectivity index (χ1n) is 6.15. The number of likely N-dealkylation sites (N-methyl/N-ethyl adjacent to an activating group) is 1. The van der Waals surface area contributed by atoms with Crippen molar-refractivity contribution in [2.45, 2.75) is 20.4 Å². The lowest BCUT2D eigenvalue weighted by atomic mass is 10.3. The number of rotatable bonds is 2. The molecule has 1 fully saturated rings. The molecule has 5 nitrogen and oxygen atoms in total. The second-order valence-corrected chi connectivity index (χ2v) is 5.20. The monoisotopic (exact) mass is 270 g/mol. The second kappa shape index (κ2) is 5.28. The molecule has 0 aliphatic carbocycles. The van der Waals surface area contributed by atoms with Crippen molar-refractivity contribution in [1.29, 1.82) is 0 Å². The third-order valence-corrected chi connectivity index (χ3v) is 3.98. The van der Waals surface area contributed by atoms with Crippen molar-refractivity contribution in [3.05, 3.63) is 16.4 Å². The molecular weight excluding hydrogens is 252 g/mol. The van der Waals surface area contributed by atoms with Crippen LogP contribution in [0.15, 0.2) is 0 Å². The highest BCUT2D eigenvalue weighted by molar-refractivity contribution is 6.31. The minimum Gasteiger partial charge on any atom is -0.339 e. The highest BCUT2D eigenvalue weighted by atomic mass is 35.5. The van der Waals surface area contributed by atoms with Crippen LogP contribution in [-0.4, -0.2) is 58.7 Å². The van der Waals surface area contributed by atoms with E-state index in [9.17, 15) is 4.79 Å². The molecule has 0 spiro atoms. The van der Waals surface area contributed by atoms with Crippen molar-refractivity contribution in [1.82, 2.24) is 19.6 Å². The molecule has 0 unspecified atom stereocenters. The third kappa shape index (κ3) is 2.67. The van der Waals surface area contributed by atoms with Crippen molar-refractivity contribution in [2.24, 2.45) is 0 Å². The summed E-state index contributed by atoms with van der Waals surface area (Å²) < 4.78 is 1.69. The average Bonchev–Trinajstić information content (AvgIpc) is 2.58. The van der Waals surface area contributed by atoms with Gasteiger partial charge in [-0.15, -0.1) is 0 Å². The Hall–Kier alpha value is -1.07. The quantitative estimate of drug-likeness (QED) is 0.803. The first-order valence-corrected chi connectivity index (χ1v) is 6.52. The molecule has 1 aliphatic rings. The van der Waals surface area contributed by atoms with Gasteiger partial charge in [-0.25, -0.2) is 0 Å². The molecule has 2 heterocycles. The number of hydrogen-bond acceptors (Lipinski definition) is 3. The van der Waals surface area contributed by atoms with Gasteiger partial charge in [0, 0.05) is 26.2 Å². The first kappa shape index (κ1) is 13.4. The fourth-order valence-electron chi connectivity index (χ4n) is 2.11. The van der Waals surface area contributed by atoms with Gasteiger partial charge in [-0.1, -0.05) is 11.6 Å². The van der Waals surface area contributed by atoms with Crippen LogP contribution in [0.1, 0.15) is 11.4 Å². The SMILES string of the molecule is Cc1nn(CC(=O)N2CCN(C)CC2)c(C)c1Cl. The molecular formula is C12H19ClN4O. The molecule has 1 aliphatic heterocycles. The van der Waals surface area contributed by atoms with E-state index in [1.54, 1.807) is 4.68 Å². The van der Waals surface area contributed by atoms with Crippen LogP contribution >= 0.6 is 11.6 Å². The molecule has 2 rings (SSSR count). The molecule has 1 aromatic rings. The Morgan fingerprint density at radius 1 is 1.28 bits per heavy atom. The number of piperazine rings is 1. The Morgan fingerprint density at radius 3 is 2.39 bits per heavy atom. The van der Waals surface area contributed by atoms with Gasteiger partial charge in [-0.3, -0.25) is 9.48 Å². The van der Waals surface area contributed by atoms with Crippen LogP contribution in [0.25, 0.3) is 0 Å². The summed E-state index contributed by atoms with van der Waals surface area (Å²) in [5.41, 5.74) is 1.64. The molecule has 18 heavy (non-hydrogen) atoms. The smallest absolute Gasteiger partial charge is 0.244 e. The van der Waals surface area contributed by atoms with Gasteiger partial charge < -0.3 is 9.80 Å². The molecule has 100 valence electrons. The Kier molecular flexibility index (Phi) is 3.92. The number of halogens is 1. The zero-order chi connectivity index (χ0) is 13.3. The molecule has 0 saturated carbocycles. The Balaban J connectivity index is 2.01. The summed E-state index contributed by atoms with van der Waals surface area (Å²) in [5, 5.41) is 4.94. The van der Waals surface area contributed by atoms with Crippen LogP contribution < -0.4 is 0 Å². The van der Waals surface area contributed by atoms with Gasteiger partial charge in [0.1, 0.15) is 6.54 Å². The largest absolute Gasteiger partial charge is 0.339 e. The van der Waals surface area contributed by atoms with E-state index in [1.165, 1.54) is 0 Å². The van der Waals surface area contributed by atoms with Gasteiger partial charge in [-0.05, 0) is 20.9 Å². The number of nitrogens with zero attached hydrogens (tertiary/aromatic N) is 4. The zero-order valence-electron chi connectivity index (χ0n) is 11.1. The standard InChI is InChI=1S/C12H19ClN4O/c1-9-12(13)10(2)17(14-9)8-11(18)16-6-4-15(3)5-7-16/h4-8H2,1-3H3. The first-order chi connectivity index (χ1) is 8.49. The van der Waals surface area contributed by atoms with Crippen molar-refractivity contribution in [3.8, 4) is 0 Å². The molecule has 0 N–H and O–H groups in total. The Morgan fingerprint density at radius 2 is 1.89 bits per heavy atom. The summed E-state index contributed by atoms with van der Waals surface area (Å²) >= 11 is 6.07. The number of hydrogen-bond donors (Lipinski definition) is 0. The van der Waals surface area contributed by atoms with E-state index < -0.39 is 0 Å². The third-order valence-electron chi connectivity index (χ3n) is 3.43. The summed E-state index contributed by atoms with van der Waals surface area (Å²) in [4.78, 5) is 16.3. The minimum absolute atomic E-state index is 0.116. The molecule has 0 bridgehead atoms. The van der Waals surface area contributed by atoms with Crippen LogP contribution in [0.2, 0.25) is 5.02 Å². The molecule has 1 saturated heterocycles. The summed E-state index contributed by atoms with van der Waals surface area (Å²) in [6.45, 7) is 7.48. The lowest BCUT2D eigenvalue weighted by Crippen LogP contribution is -2.48. The summed E-state index contributed by atoms with van der Waals surface area (Å²) in [6, 6.07) is 0. The van der Waals surface area contributed by atoms with Gasteiger partial charge >= 0.3 is 0 Å². The second-order valence-electron chi connectivity index (χ2n) is 4.83. The maximum Gasteiger partial charge on any atom is 0.244 e. The van der Waals surface area contributed by atoms with Crippen LogP contribution in [0, 0.1) is 13.8 Å². The minimum atomic E-state index is 0.116. The van der Waals surface area contributed by atoms with Crippen molar-refractivity contribution in [2.75, 3.05) is 33.2 Å². The summed E-state index contributed by atoms with van der Waals surface area (Å²) in [7, 11) is 2.07. The number of amides is 1. The predicted octanol–water partition coefficient (Wildman–Crippen LogP) is 0.927. The molecule has 1 aromatic heterocycles. The van der Waals surface area contributed by atoms with Crippen LogP contribution in [0.5, 0.6) is 0 Å². The van der Waals surface area contributed by atoms with Gasteiger partial charge in [0.05, 0.1) is 16.4 Å². The lowest BCUT2D eigenvalue weighted by Gasteiger charge is -2.32. The fourth-order valence-corrected chi connectivity index (χ4v) is 2.25. The van der Waals surface area contributed by atoms with E-state index >= 15 is 0 Å². The van der Waals surface area contributed by atoms with Crippen LogP contribution in [0.3, 0.4) is 0 Å². The predicted molar refractivity (Wildman–Crippen MR) is 70.8 cm³/mol. The highest BCUT2D eigenvalue weighted by Gasteiger charge is 2.20. The van der Waals surface area contributed by atoms with Crippen molar-refractivity contribution in [3.63, 3.8) is 0 Å². The van der Waals surface area contributed by atoms with E-state index in [1.807, 2.05) is 18.7 Å². The number of aryl methyl sites for hydroxylation is 1. The van der Waals surface area contributed by atoms with Crippen molar-refractivity contribution >= 4 is 17.5 Å². The highest BCUT2D eigenvalue weighted by Crippen LogP contribution is 2.18. The molecule has 0 radical (unpaired) electrons. The Labute approximate surface area is 112 Å². The van der Waals surface area contributed by atoms with E-state index in [4.69, 9.17) is 11.6 Å². The van der Waals surface area contributed by atoms with Crippen LogP contribution in [-0.2, 0) is 11.3 Å². The molecule has 6 heteroatoms. The van der Waals surface area contributed by atoms with Crippen molar-refractivity contribution < 1.29 is 4.79 Å². The topological polar surface area (TPSA) is 41.4 Å². The van der Waals surface area contributed by atoms with Gasteiger partial charge in [0.2, 0.25) is 5.91 Å². The zero-order valence-corrected chi connectivity index (χ0v) is 11.9. The Bertz CT molecular complexity index is 449. The maximum absolute atomic E-state index is 12.2. The van der Waals surface area contributed by atoms with Gasteiger partial charge in [0.15, 0.2) is 0 Å². The van der Waals surface area contributed by atoms with E-state index in [0.717, 1.165) is 37.6 Å². The molecule has 1 amide bonds. The number of aromatic nitrogens is 2. The van der Waals surface area contributed by atoms with Gasteiger partial charge in [0.25, 0.3) is 0 Å². The molecule has 0 atom stereocenters.